The maximum atomic E-state index is 5.86. The molecular formula is C19H31NO. The Morgan fingerprint density at radius 1 is 1.29 bits per heavy atom. The highest BCUT2D eigenvalue weighted by Gasteiger charge is 2.35. The van der Waals surface area contributed by atoms with Crippen molar-refractivity contribution in [1.82, 2.24) is 5.32 Å². The van der Waals surface area contributed by atoms with Crippen molar-refractivity contribution in [3.8, 4) is 0 Å². The number of ether oxygens (including phenoxy) is 1. The molecule has 0 aromatic heterocycles. The van der Waals surface area contributed by atoms with Crippen molar-refractivity contribution >= 4 is 0 Å². The fourth-order valence-corrected chi connectivity index (χ4v) is 3.53. The highest BCUT2D eigenvalue weighted by molar-refractivity contribution is 5.37. The highest BCUT2D eigenvalue weighted by Crippen LogP contribution is 2.39. The Balaban J connectivity index is 2.15. The van der Waals surface area contributed by atoms with E-state index in [1.165, 1.54) is 25.7 Å². The molecule has 0 fully saturated rings. The zero-order valence-electron chi connectivity index (χ0n) is 14.0. The summed E-state index contributed by atoms with van der Waals surface area (Å²) in [5.74, 6) is 0. The largest absolute Gasteiger partial charge is 0.379 e. The van der Waals surface area contributed by atoms with Crippen LogP contribution in [0.4, 0.5) is 0 Å². The lowest BCUT2D eigenvalue weighted by Gasteiger charge is -2.40. The Hall–Kier alpha value is -0.860. The molecule has 2 rings (SSSR count). The second-order valence-corrected chi connectivity index (χ2v) is 6.64. The smallest absolute Gasteiger partial charge is 0.0518 e. The van der Waals surface area contributed by atoms with E-state index in [1.807, 2.05) is 0 Å². The topological polar surface area (TPSA) is 21.3 Å². The van der Waals surface area contributed by atoms with Gasteiger partial charge in [-0.05, 0) is 63.6 Å². The maximum absolute atomic E-state index is 5.86. The highest BCUT2D eigenvalue weighted by atomic mass is 16.5. The van der Waals surface area contributed by atoms with Crippen LogP contribution in [-0.2, 0) is 16.6 Å². The van der Waals surface area contributed by atoms with Crippen molar-refractivity contribution in [3.05, 3.63) is 35.4 Å². The second-order valence-electron chi connectivity index (χ2n) is 6.64. The molecule has 2 nitrogen and oxygen atoms in total. The molecule has 1 atom stereocenters. The molecule has 0 heterocycles. The lowest BCUT2D eigenvalue weighted by atomic mass is 9.68. The summed E-state index contributed by atoms with van der Waals surface area (Å²) < 4.78 is 5.86. The number of rotatable bonds is 8. The van der Waals surface area contributed by atoms with Crippen LogP contribution in [0.3, 0.4) is 0 Å². The molecule has 0 saturated carbocycles. The fraction of sp³-hybridized carbons (Fsp3) is 0.684. The monoisotopic (exact) mass is 289 g/mol. The molecule has 118 valence electrons. The Morgan fingerprint density at radius 3 is 2.86 bits per heavy atom. The van der Waals surface area contributed by atoms with Gasteiger partial charge in [0.05, 0.1) is 6.10 Å². The summed E-state index contributed by atoms with van der Waals surface area (Å²) >= 11 is 0. The minimum atomic E-state index is 0.263. The fourth-order valence-electron chi connectivity index (χ4n) is 3.53. The van der Waals surface area contributed by atoms with E-state index in [-0.39, 0.29) is 5.41 Å². The molecule has 0 spiro atoms. The van der Waals surface area contributed by atoms with Crippen LogP contribution >= 0.6 is 0 Å². The molecule has 0 amide bonds. The predicted molar refractivity (Wildman–Crippen MR) is 89.9 cm³/mol. The first kappa shape index (κ1) is 16.5. The average Bonchev–Trinajstić information content (AvgIpc) is 2.48. The van der Waals surface area contributed by atoms with Gasteiger partial charge in [0.1, 0.15) is 0 Å². The Labute approximate surface area is 130 Å². The van der Waals surface area contributed by atoms with E-state index in [9.17, 15) is 0 Å². The SMILES string of the molecule is CCCNCC1(CCOC(C)C)CCCc2ccccc21. The summed E-state index contributed by atoms with van der Waals surface area (Å²) in [5, 5.41) is 3.67. The molecule has 21 heavy (non-hydrogen) atoms. The van der Waals surface area contributed by atoms with Gasteiger partial charge in [-0.1, -0.05) is 31.2 Å². The van der Waals surface area contributed by atoms with Gasteiger partial charge in [0, 0.05) is 18.6 Å². The molecule has 0 bridgehead atoms. The zero-order valence-corrected chi connectivity index (χ0v) is 14.0. The van der Waals surface area contributed by atoms with Crippen LogP contribution in [0.2, 0.25) is 0 Å². The standard InChI is InChI=1S/C19H31NO/c1-4-13-20-15-19(12-14-21-16(2)3)11-7-9-17-8-5-6-10-18(17)19/h5-6,8,10,16,20H,4,7,9,11-15H2,1-3H3. The zero-order chi connectivity index (χ0) is 15.1. The first-order chi connectivity index (χ1) is 10.2. The molecule has 0 radical (unpaired) electrons. The first-order valence-corrected chi connectivity index (χ1v) is 8.58. The van der Waals surface area contributed by atoms with Crippen LogP contribution in [0.5, 0.6) is 0 Å². The third kappa shape index (κ3) is 4.31. The molecular weight excluding hydrogens is 258 g/mol. The van der Waals surface area contributed by atoms with Crippen molar-refractivity contribution in [2.75, 3.05) is 19.7 Å². The second kappa shape index (κ2) is 7.95. The van der Waals surface area contributed by atoms with E-state index in [0.29, 0.717) is 6.10 Å². The lowest BCUT2D eigenvalue weighted by molar-refractivity contribution is 0.0611. The Morgan fingerprint density at radius 2 is 2.10 bits per heavy atom. The lowest BCUT2D eigenvalue weighted by Crippen LogP contribution is -2.42. The third-order valence-electron chi connectivity index (χ3n) is 4.61. The van der Waals surface area contributed by atoms with Crippen LogP contribution < -0.4 is 5.32 Å². The quantitative estimate of drug-likeness (QED) is 0.728. The summed E-state index contributed by atoms with van der Waals surface area (Å²) in [7, 11) is 0. The summed E-state index contributed by atoms with van der Waals surface area (Å²) in [6.07, 6.45) is 6.45. The average molecular weight is 289 g/mol. The molecule has 2 heteroatoms. The van der Waals surface area contributed by atoms with Crippen LogP contribution in [-0.4, -0.2) is 25.8 Å². The Bertz CT molecular complexity index is 429. The summed E-state index contributed by atoms with van der Waals surface area (Å²) in [6, 6.07) is 9.03. The van der Waals surface area contributed by atoms with Crippen LogP contribution in [0.1, 0.15) is 57.6 Å². The van der Waals surface area contributed by atoms with Gasteiger partial charge in [-0.25, -0.2) is 0 Å². The van der Waals surface area contributed by atoms with E-state index in [4.69, 9.17) is 4.74 Å². The van der Waals surface area contributed by atoms with Gasteiger partial charge in [-0.15, -0.1) is 0 Å². The van der Waals surface area contributed by atoms with Gasteiger partial charge >= 0.3 is 0 Å². The van der Waals surface area contributed by atoms with E-state index in [0.717, 1.165) is 26.1 Å². The third-order valence-corrected chi connectivity index (χ3v) is 4.61. The van der Waals surface area contributed by atoms with Crippen LogP contribution in [0.15, 0.2) is 24.3 Å². The van der Waals surface area contributed by atoms with Crippen molar-refractivity contribution in [3.63, 3.8) is 0 Å². The van der Waals surface area contributed by atoms with Gasteiger partial charge in [0.2, 0.25) is 0 Å². The van der Waals surface area contributed by atoms with Gasteiger partial charge < -0.3 is 10.1 Å². The van der Waals surface area contributed by atoms with Crippen molar-refractivity contribution in [1.29, 1.82) is 0 Å². The summed E-state index contributed by atoms with van der Waals surface area (Å²) in [5.41, 5.74) is 3.37. The van der Waals surface area contributed by atoms with Gasteiger partial charge in [-0.2, -0.15) is 0 Å². The van der Waals surface area contributed by atoms with Crippen LogP contribution in [0.25, 0.3) is 0 Å². The molecule has 0 aliphatic heterocycles. The molecule has 1 N–H and O–H groups in total. The molecule has 1 aliphatic carbocycles. The van der Waals surface area contributed by atoms with Gasteiger partial charge in [0.25, 0.3) is 0 Å². The van der Waals surface area contributed by atoms with E-state index < -0.39 is 0 Å². The van der Waals surface area contributed by atoms with Crippen molar-refractivity contribution in [2.45, 2.75) is 64.4 Å². The van der Waals surface area contributed by atoms with E-state index >= 15 is 0 Å². The molecule has 1 aromatic rings. The molecule has 1 aromatic carbocycles. The maximum Gasteiger partial charge on any atom is 0.0518 e. The normalized spacial score (nSPS) is 21.5. The number of hydrogen-bond donors (Lipinski definition) is 1. The first-order valence-electron chi connectivity index (χ1n) is 8.58. The van der Waals surface area contributed by atoms with E-state index in [1.54, 1.807) is 11.1 Å². The number of fused-ring (bicyclic) bond motifs is 1. The van der Waals surface area contributed by atoms with E-state index in [2.05, 4.69) is 50.4 Å². The minimum absolute atomic E-state index is 0.263. The molecule has 1 unspecified atom stereocenters. The van der Waals surface area contributed by atoms with Gasteiger partial charge in [-0.3, -0.25) is 0 Å². The number of benzene rings is 1. The predicted octanol–water partition coefficient (Wildman–Crippen LogP) is 4.08. The molecule has 1 aliphatic rings. The van der Waals surface area contributed by atoms with Crippen LogP contribution in [0, 0.1) is 0 Å². The van der Waals surface area contributed by atoms with Crippen molar-refractivity contribution < 1.29 is 4.74 Å². The number of aryl methyl sites for hydroxylation is 1. The van der Waals surface area contributed by atoms with Crippen molar-refractivity contribution in [2.24, 2.45) is 0 Å². The minimum Gasteiger partial charge on any atom is -0.379 e. The Kier molecular flexibility index (Phi) is 6.25. The number of nitrogens with one attached hydrogen (secondary N) is 1. The summed E-state index contributed by atoms with van der Waals surface area (Å²) in [6.45, 7) is 9.53. The van der Waals surface area contributed by atoms with Gasteiger partial charge in [0.15, 0.2) is 0 Å². The summed E-state index contributed by atoms with van der Waals surface area (Å²) in [4.78, 5) is 0. The number of hydrogen-bond acceptors (Lipinski definition) is 2. The molecule has 0 saturated heterocycles.